The smallest absolute Gasteiger partial charge is 0.206 e. The number of nitrogens with one attached hydrogen (secondary N) is 1. The van der Waals surface area contributed by atoms with Crippen molar-refractivity contribution in [3.63, 3.8) is 0 Å². The van der Waals surface area contributed by atoms with Crippen molar-refractivity contribution in [2.24, 2.45) is 4.99 Å². The van der Waals surface area contributed by atoms with Crippen molar-refractivity contribution in [3.8, 4) is 11.5 Å². The molecule has 2 aromatic rings. The van der Waals surface area contributed by atoms with Gasteiger partial charge in [0.05, 0.1) is 19.8 Å². The van der Waals surface area contributed by atoms with Crippen LogP contribution in [0, 0.1) is 0 Å². The van der Waals surface area contributed by atoms with E-state index in [1.807, 2.05) is 29.6 Å². The second-order valence-electron chi connectivity index (χ2n) is 4.49. The summed E-state index contributed by atoms with van der Waals surface area (Å²) in [5.74, 6) is 2.13. The molecule has 0 spiro atoms. The highest BCUT2D eigenvalue weighted by atomic mass is 32.1. The predicted molar refractivity (Wildman–Crippen MR) is 82.0 cm³/mol. The number of hydrogen-bond donors (Lipinski definition) is 1. The van der Waals surface area contributed by atoms with E-state index in [2.05, 4.69) is 16.5 Å². The van der Waals surface area contributed by atoms with Gasteiger partial charge in [-0.05, 0) is 17.5 Å². The minimum Gasteiger partial charge on any atom is -0.493 e. The second-order valence-corrected chi connectivity index (χ2v) is 5.52. The third kappa shape index (κ3) is 2.86. The number of aliphatic imine (C=N–C) groups is 1. The highest BCUT2D eigenvalue weighted by Gasteiger charge is 2.25. The summed E-state index contributed by atoms with van der Waals surface area (Å²) < 4.78 is 10.7. The predicted octanol–water partition coefficient (Wildman–Crippen LogP) is 2.94. The normalized spacial score (nSPS) is 17.2. The van der Waals surface area contributed by atoms with Gasteiger partial charge in [0.2, 0.25) is 6.23 Å². The van der Waals surface area contributed by atoms with E-state index >= 15 is 0 Å². The molecule has 6 heteroatoms. The molecule has 1 atom stereocenters. The van der Waals surface area contributed by atoms with E-state index in [4.69, 9.17) is 14.3 Å². The van der Waals surface area contributed by atoms with E-state index in [0.717, 1.165) is 17.8 Å². The number of ether oxygens (including phenoxy) is 2. The molecule has 1 aromatic carbocycles. The second kappa shape index (κ2) is 6.15. The summed E-state index contributed by atoms with van der Waals surface area (Å²) in [6.45, 7) is 0. The van der Waals surface area contributed by atoms with Crippen molar-refractivity contribution in [3.05, 3.63) is 46.2 Å². The number of para-hydroxylation sites is 1. The van der Waals surface area contributed by atoms with Gasteiger partial charge in [0.1, 0.15) is 5.84 Å². The molecule has 1 aliphatic heterocycles. The fraction of sp³-hybridized carbons (Fsp3) is 0.267. The number of hydrogen-bond acceptors (Lipinski definition) is 6. The molecule has 1 unspecified atom stereocenters. The van der Waals surface area contributed by atoms with Crippen LogP contribution in [0.4, 0.5) is 0 Å². The van der Waals surface area contributed by atoms with Gasteiger partial charge in [0, 0.05) is 11.3 Å². The fourth-order valence-corrected chi connectivity index (χ4v) is 2.93. The summed E-state index contributed by atoms with van der Waals surface area (Å²) in [6.07, 6.45) is 0.311. The molecule has 0 radical (unpaired) electrons. The average molecular weight is 304 g/mol. The molecule has 1 aromatic heterocycles. The Morgan fingerprint density at radius 3 is 2.86 bits per heavy atom. The van der Waals surface area contributed by atoms with Crippen molar-refractivity contribution in [2.45, 2.75) is 12.6 Å². The zero-order valence-corrected chi connectivity index (χ0v) is 12.6. The van der Waals surface area contributed by atoms with Gasteiger partial charge in [-0.3, -0.25) is 0 Å². The SMILES string of the molecule is COc1cccc(C2N=C(Cc3cccs3)NO2)c1OC. The standard InChI is InChI=1S/C15H16N2O3S/c1-18-12-7-3-6-11(14(12)19-2)15-16-13(17-20-15)9-10-5-4-8-21-10/h3-8,15H,9H2,1-2H3,(H,16,17). The lowest BCUT2D eigenvalue weighted by Gasteiger charge is -2.14. The highest BCUT2D eigenvalue weighted by molar-refractivity contribution is 7.10. The fourth-order valence-electron chi connectivity index (χ4n) is 2.22. The Bertz CT molecular complexity index is 640. The van der Waals surface area contributed by atoms with Gasteiger partial charge in [0.15, 0.2) is 11.5 Å². The zero-order valence-electron chi connectivity index (χ0n) is 11.8. The van der Waals surface area contributed by atoms with Crippen LogP contribution in [-0.2, 0) is 11.3 Å². The molecular formula is C15H16N2O3S. The maximum Gasteiger partial charge on any atom is 0.206 e. The number of benzene rings is 1. The Hall–Kier alpha value is -2.05. The molecule has 0 aliphatic carbocycles. The Morgan fingerprint density at radius 2 is 2.14 bits per heavy atom. The number of rotatable bonds is 5. The van der Waals surface area contributed by atoms with E-state index in [0.29, 0.717) is 11.5 Å². The van der Waals surface area contributed by atoms with Crippen molar-refractivity contribution in [1.29, 1.82) is 0 Å². The van der Waals surface area contributed by atoms with E-state index < -0.39 is 6.23 Å². The highest BCUT2D eigenvalue weighted by Crippen LogP contribution is 2.37. The first-order chi connectivity index (χ1) is 10.3. The summed E-state index contributed by atoms with van der Waals surface area (Å²) in [7, 11) is 3.22. The minimum absolute atomic E-state index is 0.426. The van der Waals surface area contributed by atoms with Crippen molar-refractivity contribution >= 4 is 17.2 Å². The largest absolute Gasteiger partial charge is 0.493 e. The molecule has 21 heavy (non-hydrogen) atoms. The van der Waals surface area contributed by atoms with Crippen LogP contribution < -0.4 is 15.0 Å². The van der Waals surface area contributed by atoms with Gasteiger partial charge < -0.3 is 9.47 Å². The number of thiophene rings is 1. The molecule has 1 aliphatic rings. The molecule has 5 nitrogen and oxygen atoms in total. The summed E-state index contributed by atoms with van der Waals surface area (Å²) in [6, 6.07) is 9.77. The lowest BCUT2D eigenvalue weighted by Crippen LogP contribution is -2.18. The van der Waals surface area contributed by atoms with Crippen LogP contribution in [0.25, 0.3) is 0 Å². The van der Waals surface area contributed by atoms with E-state index in [9.17, 15) is 0 Å². The first kappa shape index (κ1) is 13.9. The van der Waals surface area contributed by atoms with Gasteiger partial charge in [-0.1, -0.05) is 18.2 Å². The van der Waals surface area contributed by atoms with Gasteiger partial charge in [-0.2, -0.15) is 0 Å². The molecule has 3 rings (SSSR count). The van der Waals surface area contributed by atoms with Crippen molar-refractivity contribution in [2.75, 3.05) is 14.2 Å². The van der Waals surface area contributed by atoms with Crippen LogP contribution >= 0.6 is 11.3 Å². The third-order valence-electron chi connectivity index (χ3n) is 3.18. The van der Waals surface area contributed by atoms with Crippen LogP contribution in [0.3, 0.4) is 0 Å². The van der Waals surface area contributed by atoms with Crippen LogP contribution in [0.1, 0.15) is 16.7 Å². The van der Waals surface area contributed by atoms with Crippen LogP contribution in [-0.4, -0.2) is 20.1 Å². The Labute approximate surface area is 127 Å². The summed E-state index contributed by atoms with van der Waals surface area (Å²) >= 11 is 1.70. The molecule has 2 heterocycles. The Kier molecular flexibility index (Phi) is 4.08. The van der Waals surface area contributed by atoms with Gasteiger partial charge >= 0.3 is 0 Å². The van der Waals surface area contributed by atoms with E-state index in [-0.39, 0.29) is 0 Å². The Balaban J connectivity index is 1.83. The molecule has 0 amide bonds. The zero-order chi connectivity index (χ0) is 14.7. The monoisotopic (exact) mass is 304 g/mol. The van der Waals surface area contributed by atoms with E-state index in [1.54, 1.807) is 25.6 Å². The lowest BCUT2D eigenvalue weighted by atomic mass is 10.1. The van der Waals surface area contributed by atoms with Crippen molar-refractivity contribution in [1.82, 2.24) is 5.48 Å². The molecule has 110 valence electrons. The molecule has 0 fully saturated rings. The molecule has 0 saturated heterocycles. The van der Waals surface area contributed by atoms with Gasteiger partial charge in [-0.25, -0.2) is 15.3 Å². The number of amidine groups is 1. The number of methoxy groups -OCH3 is 2. The van der Waals surface area contributed by atoms with E-state index in [1.165, 1.54) is 4.88 Å². The quantitative estimate of drug-likeness (QED) is 0.923. The number of nitrogens with zero attached hydrogens (tertiary/aromatic N) is 1. The molecule has 0 bridgehead atoms. The van der Waals surface area contributed by atoms with Crippen LogP contribution in [0.2, 0.25) is 0 Å². The first-order valence-corrected chi connectivity index (χ1v) is 7.41. The summed E-state index contributed by atoms with van der Waals surface area (Å²) in [5.41, 5.74) is 3.73. The molecule has 1 N–H and O–H groups in total. The average Bonchev–Trinajstić information content (AvgIpc) is 3.18. The first-order valence-electron chi connectivity index (χ1n) is 6.53. The third-order valence-corrected chi connectivity index (χ3v) is 4.06. The van der Waals surface area contributed by atoms with Gasteiger partial charge in [0.25, 0.3) is 0 Å². The number of hydroxylamine groups is 1. The maximum absolute atomic E-state index is 5.56. The molecular weight excluding hydrogens is 288 g/mol. The van der Waals surface area contributed by atoms with Crippen molar-refractivity contribution < 1.29 is 14.3 Å². The summed E-state index contributed by atoms with van der Waals surface area (Å²) in [4.78, 5) is 11.4. The van der Waals surface area contributed by atoms with Crippen LogP contribution in [0.5, 0.6) is 11.5 Å². The molecule has 0 saturated carbocycles. The van der Waals surface area contributed by atoms with Gasteiger partial charge in [-0.15, -0.1) is 11.3 Å². The summed E-state index contributed by atoms with van der Waals surface area (Å²) in [5, 5.41) is 2.05. The maximum atomic E-state index is 5.56. The van der Waals surface area contributed by atoms with Crippen LogP contribution in [0.15, 0.2) is 40.7 Å². The lowest BCUT2D eigenvalue weighted by molar-refractivity contribution is 0.0355. The Morgan fingerprint density at radius 1 is 1.24 bits per heavy atom. The minimum atomic E-state index is -0.426. The topological polar surface area (TPSA) is 52.1 Å².